The summed E-state index contributed by atoms with van der Waals surface area (Å²) in [5, 5.41) is 0. The van der Waals surface area contributed by atoms with Crippen molar-refractivity contribution in [1.82, 2.24) is 24.7 Å². The largest absolute Gasteiger partial charge is 0.418 e. The Morgan fingerprint density at radius 2 is 1.79 bits per heavy atom. The van der Waals surface area contributed by atoms with Gasteiger partial charge in [-0.1, -0.05) is 44.2 Å². The average molecular weight is 528 g/mol. The lowest BCUT2D eigenvalue weighted by molar-refractivity contribution is -0.136. The minimum Gasteiger partial charge on any atom is -0.273 e. The molecular weight excluding hydrogens is 491 g/mol. The van der Waals surface area contributed by atoms with Crippen LogP contribution in [0, 0.1) is 5.92 Å². The van der Waals surface area contributed by atoms with E-state index in [0.29, 0.717) is 17.5 Å². The van der Waals surface area contributed by atoms with Crippen LogP contribution >= 0.6 is 0 Å². The number of hydrazine groups is 1. The molecule has 2 atom stereocenters. The first-order chi connectivity index (χ1) is 18.3. The summed E-state index contributed by atoms with van der Waals surface area (Å²) >= 11 is 0. The van der Waals surface area contributed by atoms with Crippen LogP contribution in [0.1, 0.15) is 80.4 Å². The minimum atomic E-state index is -4.53. The number of nitrogens with zero attached hydrogens (tertiary/aromatic N) is 3. The van der Waals surface area contributed by atoms with Crippen LogP contribution in [0.25, 0.3) is 11.2 Å². The van der Waals surface area contributed by atoms with Crippen LogP contribution in [-0.4, -0.2) is 33.2 Å². The van der Waals surface area contributed by atoms with Gasteiger partial charge in [0.15, 0.2) is 0 Å². The van der Waals surface area contributed by atoms with Gasteiger partial charge in [-0.05, 0) is 80.3 Å². The van der Waals surface area contributed by atoms with E-state index in [1.165, 1.54) is 73.5 Å². The Kier molecular flexibility index (Phi) is 6.64. The number of pyridine rings is 1. The quantitative estimate of drug-likeness (QED) is 0.465. The van der Waals surface area contributed by atoms with Crippen LogP contribution in [0.15, 0.2) is 47.5 Å². The van der Waals surface area contributed by atoms with Gasteiger partial charge in [0.25, 0.3) is 0 Å². The molecule has 3 aromatic rings. The Hall–Kier alpha value is -2.62. The van der Waals surface area contributed by atoms with Crippen LogP contribution in [-0.2, 0) is 12.6 Å². The third-order valence-corrected chi connectivity index (χ3v) is 9.27. The first kappa shape index (κ1) is 25.6. The number of nitrogens with one attached hydrogen (secondary N) is 2. The van der Waals surface area contributed by atoms with E-state index in [0.717, 1.165) is 42.0 Å². The lowest BCUT2D eigenvalue weighted by Crippen LogP contribution is -2.57. The maximum absolute atomic E-state index is 13.7. The van der Waals surface area contributed by atoms with Crippen LogP contribution in [0.4, 0.5) is 13.2 Å². The Balaban J connectivity index is 1.36. The van der Waals surface area contributed by atoms with Gasteiger partial charge in [-0.15, -0.1) is 0 Å². The highest BCUT2D eigenvalue weighted by Gasteiger charge is 2.47. The van der Waals surface area contributed by atoms with Crippen molar-refractivity contribution in [3.63, 3.8) is 0 Å². The smallest absolute Gasteiger partial charge is 0.273 e. The Morgan fingerprint density at radius 3 is 2.50 bits per heavy atom. The number of aromatic nitrogens is 2. The molecule has 6 rings (SSSR count). The van der Waals surface area contributed by atoms with Crippen LogP contribution in [0.5, 0.6) is 0 Å². The van der Waals surface area contributed by atoms with Gasteiger partial charge in [0.05, 0.1) is 29.1 Å². The SMILES string of the molecule is CN1CNNC1(CC1CCc2c1cccc2-n1cc2c(C(F)(F)F)cccn2c1=O)C1CCCCCCC1. The van der Waals surface area contributed by atoms with Gasteiger partial charge < -0.3 is 0 Å². The third kappa shape index (κ3) is 4.28. The van der Waals surface area contributed by atoms with Crippen molar-refractivity contribution < 1.29 is 13.2 Å². The van der Waals surface area contributed by atoms with Crippen molar-refractivity contribution in [3.05, 3.63) is 69.9 Å². The van der Waals surface area contributed by atoms with Crippen LogP contribution in [0.2, 0.25) is 0 Å². The van der Waals surface area contributed by atoms with Gasteiger partial charge >= 0.3 is 11.9 Å². The van der Waals surface area contributed by atoms with Gasteiger partial charge in [-0.25, -0.2) is 15.6 Å². The Labute approximate surface area is 220 Å². The van der Waals surface area contributed by atoms with E-state index in [1.54, 1.807) is 0 Å². The van der Waals surface area contributed by atoms with Crippen molar-refractivity contribution in [2.45, 2.75) is 82.0 Å². The summed E-state index contributed by atoms with van der Waals surface area (Å²) in [6.45, 7) is 0.796. The van der Waals surface area contributed by atoms with E-state index in [1.807, 2.05) is 12.1 Å². The molecule has 2 aliphatic carbocycles. The van der Waals surface area contributed by atoms with Crippen molar-refractivity contribution in [2.24, 2.45) is 5.92 Å². The van der Waals surface area contributed by atoms with Crippen LogP contribution in [0.3, 0.4) is 0 Å². The Morgan fingerprint density at radius 1 is 1.03 bits per heavy atom. The summed E-state index contributed by atoms with van der Waals surface area (Å²) in [6, 6.07) is 8.26. The van der Waals surface area contributed by atoms with Crippen molar-refractivity contribution in [3.8, 4) is 5.69 Å². The molecule has 0 bridgehead atoms. The second-order valence-corrected chi connectivity index (χ2v) is 11.4. The number of benzene rings is 1. The number of imidazole rings is 1. The fourth-order valence-electron chi connectivity index (χ4n) is 7.33. The molecule has 2 aromatic heterocycles. The van der Waals surface area contributed by atoms with E-state index in [4.69, 9.17) is 0 Å². The number of fused-ring (bicyclic) bond motifs is 2. The number of rotatable bonds is 4. The third-order valence-electron chi connectivity index (χ3n) is 9.27. The topological polar surface area (TPSA) is 53.7 Å². The minimum absolute atomic E-state index is 0.122. The van der Waals surface area contributed by atoms with Crippen LogP contribution < -0.4 is 16.5 Å². The highest BCUT2D eigenvalue weighted by Crippen LogP contribution is 2.46. The number of hydrogen-bond acceptors (Lipinski definition) is 4. The molecule has 1 aromatic carbocycles. The molecule has 1 saturated heterocycles. The molecule has 2 fully saturated rings. The zero-order valence-electron chi connectivity index (χ0n) is 21.9. The molecule has 204 valence electrons. The molecule has 1 saturated carbocycles. The second-order valence-electron chi connectivity index (χ2n) is 11.4. The first-order valence-corrected chi connectivity index (χ1v) is 13.9. The summed E-state index contributed by atoms with van der Waals surface area (Å²) in [5.74, 6) is 0.860. The van der Waals surface area contributed by atoms with E-state index in [-0.39, 0.29) is 11.2 Å². The second kappa shape index (κ2) is 9.84. The molecular formula is C29H36F3N5O. The maximum atomic E-state index is 13.7. The molecule has 38 heavy (non-hydrogen) atoms. The van der Waals surface area contributed by atoms with Crippen molar-refractivity contribution in [2.75, 3.05) is 13.7 Å². The average Bonchev–Trinajstić information content (AvgIpc) is 3.54. The van der Waals surface area contributed by atoms with Crippen molar-refractivity contribution >= 4 is 5.52 Å². The zero-order valence-corrected chi connectivity index (χ0v) is 21.9. The molecule has 1 aliphatic heterocycles. The fraction of sp³-hybridized carbons (Fsp3) is 0.552. The summed E-state index contributed by atoms with van der Waals surface area (Å²) in [4.78, 5) is 15.7. The van der Waals surface area contributed by atoms with Crippen molar-refractivity contribution in [1.29, 1.82) is 0 Å². The molecule has 2 N–H and O–H groups in total. The van der Waals surface area contributed by atoms with Gasteiger partial charge in [0.1, 0.15) is 0 Å². The van der Waals surface area contributed by atoms with Gasteiger partial charge in [0, 0.05) is 12.4 Å². The highest BCUT2D eigenvalue weighted by molar-refractivity contribution is 5.58. The molecule has 9 heteroatoms. The summed E-state index contributed by atoms with van der Waals surface area (Å²) < 4.78 is 43.5. The lowest BCUT2D eigenvalue weighted by Gasteiger charge is -2.44. The summed E-state index contributed by atoms with van der Waals surface area (Å²) in [6.07, 6.45) is 9.84. The molecule has 2 unspecified atom stereocenters. The monoisotopic (exact) mass is 527 g/mol. The number of hydrogen-bond donors (Lipinski definition) is 2. The molecule has 3 aliphatic rings. The van der Waals surface area contributed by atoms with Gasteiger partial charge in [0.2, 0.25) is 0 Å². The van der Waals surface area contributed by atoms with Gasteiger partial charge in [-0.3, -0.25) is 13.9 Å². The number of halogens is 3. The van der Waals surface area contributed by atoms with E-state index in [2.05, 4.69) is 28.9 Å². The predicted molar refractivity (Wildman–Crippen MR) is 141 cm³/mol. The molecule has 0 radical (unpaired) electrons. The van der Waals surface area contributed by atoms with E-state index < -0.39 is 17.4 Å². The molecule has 0 spiro atoms. The summed E-state index contributed by atoms with van der Waals surface area (Å²) in [5.41, 5.74) is 8.55. The first-order valence-electron chi connectivity index (χ1n) is 13.9. The maximum Gasteiger partial charge on any atom is 0.418 e. The van der Waals surface area contributed by atoms with E-state index in [9.17, 15) is 18.0 Å². The zero-order chi connectivity index (χ0) is 26.5. The highest BCUT2D eigenvalue weighted by atomic mass is 19.4. The van der Waals surface area contributed by atoms with Gasteiger partial charge in [-0.2, -0.15) is 13.2 Å². The fourth-order valence-corrected chi connectivity index (χ4v) is 7.33. The normalized spacial score (nSPS) is 25.5. The lowest BCUT2D eigenvalue weighted by atomic mass is 9.76. The van der Waals surface area contributed by atoms with E-state index >= 15 is 0 Å². The molecule has 3 heterocycles. The summed E-state index contributed by atoms with van der Waals surface area (Å²) in [7, 11) is 2.20. The molecule has 6 nitrogen and oxygen atoms in total. The standard InChI is InChI=1S/C29H36F3N5O/c1-35-19-33-34-28(35,21-9-5-3-2-4-6-10-21)17-20-14-15-23-22(20)11-7-13-25(23)37-18-26-24(29(30,31)32)12-8-16-36(26)27(37)38/h7-8,11-13,16,18,20-21,33-34H,2-6,9-10,14-15,17,19H2,1H3. The predicted octanol–water partition coefficient (Wildman–Crippen LogP) is 5.58. The molecule has 0 amide bonds. The Bertz CT molecular complexity index is 1370. The number of alkyl halides is 3.